The van der Waals surface area contributed by atoms with Crippen molar-refractivity contribution in [2.45, 2.75) is 11.6 Å². The number of nitro groups is 2. The number of nitrogen functional groups attached to an aromatic ring is 1. The zero-order chi connectivity index (χ0) is 19.2. The molecule has 128 valence electrons. The number of allylic oxidation sites excluding steroid dienone is 1. The first-order valence-electron chi connectivity index (χ1n) is 6.59. The van der Waals surface area contributed by atoms with Crippen molar-refractivity contribution in [3.63, 3.8) is 0 Å². The van der Waals surface area contributed by atoms with Crippen molar-refractivity contribution in [2.75, 3.05) is 5.73 Å². The van der Waals surface area contributed by atoms with Crippen molar-refractivity contribution in [3.8, 4) is 12.1 Å². The zero-order valence-corrected chi connectivity index (χ0v) is 12.7. The lowest BCUT2D eigenvalue weighted by Crippen LogP contribution is -2.53. The number of benzene rings is 1. The van der Waals surface area contributed by atoms with Crippen molar-refractivity contribution in [2.24, 2.45) is 11.5 Å². The molecule has 0 aromatic heterocycles. The highest BCUT2D eigenvalue weighted by molar-refractivity contribution is 5.58. The van der Waals surface area contributed by atoms with Gasteiger partial charge in [0.05, 0.1) is 33.2 Å². The van der Waals surface area contributed by atoms with E-state index >= 15 is 0 Å². The molecule has 0 saturated carbocycles. The van der Waals surface area contributed by atoms with Crippen LogP contribution >= 0.6 is 0 Å². The van der Waals surface area contributed by atoms with Crippen molar-refractivity contribution in [3.05, 3.63) is 67.9 Å². The molecule has 0 spiro atoms. The maximum absolute atomic E-state index is 10.3. The Hall–Kier alpha value is -3.80. The lowest BCUT2D eigenvalue weighted by atomic mass is 9.88. The van der Waals surface area contributed by atoms with Crippen molar-refractivity contribution in [1.82, 2.24) is 0 Å². The fraction of sp³-hybridized carbons (Fsp3) is 0.143. The minimum Gasteiger partial charge on any atom is -0.397 e. The number of nitriles is 2. The molecule has 1 aliphatic rings. The first-order chi connectivity index (χ1) is 11.6. The summed E-state index contributed by atoms with van der Waals surface area (Å²) in [5.74, 6) is 0. The van der Waals surface area contributed by atoms with E-state index < -0.39 is 21.4 Å². The van der Waals surface area contributed by atoms with Crippen LogP contribution in [0.2, 0.25) is 0 Å². The molecule has 0 fully saturated rings. The largest absolute Gasteiger partial charge is 0.397 e. The number of nitrogens with two attached hydrogens (primary N) is 3. The average Bonchev–Trinajstić information content (AvgIpc) is 2.57. The first-order valence-corrected chi connectivity index (χ1v) is 6.59. The summed E-state index contributed by atoms with van der Waals surface area (Å²) in [4.78, 5) is 19.4. The Balaban J connectivity index is 0.000000251. The Morgan fingerprint density at radius 1 is 1.20 bits per heavy atom. The van der Waals surface area contributed by atoms with Crippen LogP contribution in [0.3, 0.4) is 0 Å². The Morgan fingerprint density at radius 3 is 2.24 bits per heavy atom. The molecular weight excluding hydrogens is 330 g/mol. The van der Waals surface area contributed by atoms with Gasteiger partial charge in [0.1, 0.15) is 11.6 Å². The smallest absolute Gasteiger partial charge is 0.271 e. The van der Waals surface area contributed by atoms with Gasteiger partial charge in [-0.15, -0.1) is 0 Å². The Bertz CT molecular complexity index is 850. The third-order valence-corrected chi connectivity index (χ3v) is 3.20. The van der Waals surface area contributed by atoms with Crippen molar-refractivity contribution >= 4 is 11.4 Å². The van der Waals surface area contributed by atoms with E-state index in [1.807, 2.05) is 6.07 Å². The van der Waals surface area contributed by atoms with E-state index in [0.717, 1.165) is 0 Å². The highest BCUT2D eigenvalue weighted by atomic mass is 16.6. The molecule has 11 heteroatoms. The summed E-state index contributed by atoms with van der Waals surface area (Å²) in [5, 5.41) is 37.6. The second kappa shape index (κ2) is 7.65. The lowest BCUT2D eigenvalue weighted by molar-refractivity contribution is -0.419. The van der Waals surface area contributed by atoms with Crippen LogP contribution in [0.15, 0.2) is 42.1 Å². The number of nitrogens with zero attached hydrogens (tertiary/aromatic N) is 4. The fourth-order valence-electron chi connectivity index (χ4n) is 1.71. The van der Waals surface area contributed by atoms with Crippen molar-refractivity contribution in [1.29, 1.82) is 10.5 Å². The Labute approximate surface area is 141 Å². The van der Waals surface area contributed by atoms with E-state index in [9.17, 15) is 20.2 Å². The number of non-ortho nitro benzene ring substituents is 1. The van der Waals surface area contributed by atoms with Gasteiger partial charge in [-0.25, -0.2) is 0 Å². The summed E-state index contributed by atoms with van der Waals surface area (Å²) in [6, 6.07) is 6.49. The molecule has 0 heterocycles. The predicted octanol–water partition coefficient (Wildman–Crippen LogP) is 0.314. The first kappa shape index (κ1) is 19.2. The lowest BCUT2D eigenvalue weighted by Gasteiger charge is -2.24. The summed E-state index contributed by atoms with van der Waals surface area (Å²) in [7, 11) is 0. The minimum absolute atomic E-state index is 0.105. The molecule has 1 aromatic rings. The molecule has 6 N–H and O–H groups in total. The molecule has 0 amide bonds. The van der Waals surface area contributed by atoms with Gasteiger partial charge in [-0.2, -0.15) is 10.5 Å². The van der Waals surface area contributed by atoms with Gasteiger partial charge in [0.2, 0.25) is 0 Å². The van der Waals surface area contributed by atoms with Gasteiger partial charge >= 0.3 is 0 Å². The number of nitro benzene ring substituents is 1. The van der Waals surface area contributed by atoms with Crippen LogP contribution in [-0.4, -0.2) is 21.4 Å². The third kappa shape index (κ3) is 4.59. The highest BCUT2D eigenvalue weighted by Crippen LogP contribution is 2.18. The van der Waals surface area contributed by atoms with E-state index in [4.69, 9.17) is 27.7 Å². The summed E-state index contributed by atoms with van der Waals surface area (Å²) in [5.41, 5.74) is 15.1. The maximum atomic E-state index is 10.3. The number of rotatable bonds is 2. The van der Waals surface area contributed by atoms with Crippen LogP contribution in [0, 0.1) is 42.9 Å². The zero-order valence-electron chi connectivity index (χ0n) is 12.7. The second-order valence-electron chi connectivity index (χ2n) is 4.89. The molecule has 0 bridgehead atoms. The van der Waals surface area contributed by atoms with Crippen LogP contribution in [0.1, 0.15) is 5.56 Å². The molecule has 2 unspecified atom stereocenters. The molecular formula is C14H13N7O4. The minimum atomic E-state index is -1.33. The van der Waals surface area contributed by atoms with E-state index in [1.165, 1.54) is 36.4 Å². The third-order valence-electron chi connectivity index (χ3n) is 3.20. The quantitative estimate of drug-likeness (QED) is 0.382. The molecule has 2 atom stereocenters. The van der Waals surface area contributed by atoms with E-state index in [-0.39, 0.29) is 22.6 Å². The van der Waals surface area contributed by atoms with Crippen LogP contribution < -0.4 is 17.2 Å². The molecule has 11 nitrogen and oxygen atoms in total. The maximum Gasteiger partial charge on any atom is 0.271 e. The summed E-state index contributed by atoms with van der Waals surface area (Å²) < 4.78 is 0. The number of hydrogen-bond donors (Lipinski definition) is 3. The van der Waals surface area contributed by atoms with E-state index in [1.54, 1.807) is 6.07 Å². The fourth-order valence-corrected chi connectivity index (χ4v) is 1.71. The number of hydrogen-bond acceptors (Lipinski definition) is 9. The second-order valence-corrected chi connectivity index (χ2v) is 4.89. The molecule has 0 radical (unpaired) electrons. The van der Waals surface area contributed by atoms with Gasteiger partial charge in [0, 0.05) is 24.3 Å². The normalized spacial score (nSPS) is 21.0. The topological polar surface area (TPSA) is 212 Å². The molecule has 25 heavy (non-hydrogen) atoms. The molecule has 2 rings (SSSR count). The van der Waals surface area contributed by atoms with E-state index in [2.05, 4.69) is 0 Å². The van der Waals surface area contributed by atoms with Crippen molar-refractivity contribution < 1.29 is 9.85 Å². The van der Waals surface area contributed by atoms with Gasteiger partial charge in [0.25, 0.3) is 11.4 Å². The summed E-state index contributed by atoms with van der Waals surface area (Å²) >= 11 is 0. The van der Waals surface area contributed by atoms with Gasteiger partial charge < -0.3 is 17.2 Å². The Morgan fingerprint density at radius 2 is 1.84 bits per heavy atom. The van der Waals surface area contributed by atoms with Crippen LogP contribution in [-0.2, 0) is 0 Å². The van der Waals surface area contributed by atoms with Gasteiger partial charge in [0.15, 0.2) is 0 Å². The SMILES string of the molecule is N#CC1(N)C=CC([N+](=O)[O-])=CC1N.N#Cc1ccc([N+](=O)[O-])cc1N. The molecule has 0 saturated heterocycles. The highest BCUT2D eigenvalue weighted by Gasteiger charge is 2.33. The summed E-state index contributed by atoms with van der Waals surface area (Å²) in [6.07, 6.45) is 3.60. The number of anilines is 1. The average molecular weight is 343 g/mol. The monoisotopic (exact) mass is 343 g/mol. The molecule has 0 aliphatic heterocycles. The Kier molecular flexibility index (Phi) is 5.89. The van der Waals surface area contributed by atoms with Crippen LogP contribution in [0.4, 0.5) is 11.4 Å². The standard InChI is InChI=1S/C7H8N4O2.C7H5N3O2/c8-4-7(10)2-1-5(11(12)13)3-6(7)9;8-4-5-1-2-6(10(11)12)3-7(5)9/h1-3,6H,9-10H2;1-3H,9H2. The van der Waals surface area contributed by atoms with Gasteiger partial charge in [-0.05, 0) is 12.1 Å². The molecule has 1 aromatic carbocycles. The summed E-state index contributed by atoms with van der Waals surface area (Å²) in [6.45, 7) is 0. The predicted molar refractivity (Wildman–Crippen MR) is 86.9 cm³/mol. The van der Waals surface area contributed by atoms with E-state index in [0.29, 0.717) is 0 Å². The molecule has 1 aliphatic carbocycles. The van der Waals surface area contributed by atoms with Gasteiger partial charge in [-0.1, -0.05) is 0 Å². The van der Waals surface area contributed by atoms with Crippen LogP contribution in [0.5, 0.6) is 0 Å². The van der Waals surface area contributed by atoms with Gasteiger partial charge in [-0.3, -0.25) is 20.2 Å². The van der Waals surface area contributed by atoms with Crippen LogP contribution in [0.25, 0.3) is 0 Å².